The van der Waals surface area contributed by atoms with Gasteiger partial charge in [-0.25, -0.2) is 4.79 Å². The van der Waals surface area contributed by atoms with Crippen molar-refractivity contribution in [3.05, 3.63) is 52.6 Å². The van der Waals surface area contributed by atoms with Crippen LogP contribution in [-0.2, 0) is 4.74 Å². The van der Waals surface area contributed by atoms with Gasteiger partial charge in [0.2, 0.25) is 0 Å². The summed E-state index contributed by atoms with van der Waals surface area (Å²) in [5.41, 5.74) is 3.82. The molecule has 0 radical (unpaired) electrons. The fourth-order valence-corrected chi connectivity index (χ4v) is 2.10. The van der Waals surface area contributed by atoms with Crippen LogP contribution in [-0.4, -0.2) is 18.2 Å². The van der Waals surface area contributed by atoms with Crippen LogP contribution in [0.5, 0.6) is 5.75 Å². The maximum Gasteiger partial charge on any atom is 0.340 e. The summed E-state index contributed by atoms with van der Waals surface area (Å²) >= 11 is 0. The Kier molecular flexibility index (Phi) is 4.56. The second-order valence-corrected chi connectivity index (χ2v) is 5.02. The van der Waals surface area contributed by atoms with Gasteiger partial charge in [0.15, 0.2) is 0 Å². The number of esters is 1. The Morgan fingerprint density at radius 3 is 2.36 bits per heavy atom. The number of aromatic hydroxyl groups is 1. The minimum Gasteiger partial charge on any atom is -0.507 e. The molecule has 0 unspecified atom stereocenters. The van der Waals surface area contributed by atoms with E-state index in [4.69, 9.17) is 4.74 Å². The van der Waals surface area contributed by atoms with Gasteiger partial charge >= 0.3 is 5.97 Å². The molecule has 22 heavy (non-hydrogen) atoms. The fourth-order valence-electron chi connectivity index (χ4n) is 2.10. The van der Waals surface area contributed by atoms with Gasteiger partial charge in [0.1, 0.15) is 11.4 Å². The Morgan fingerprint density at radius 1 is 1.05 bits per heavy atom. The van der Waals surface area contributed by atoms with Crippen molar-refractivity contribution in [2.45, 2.75) is 20.8 Å². The van der Waals surface area contributed by atoms with Crippen LogP contribution in [0.2, 0.25) is 0 Å². The summed E-state index contributed by atoms with van der Waals surface area (Å²) in [6, 6.07) is 8.62. The van der Waals surface area contributed by atoms with Crippen molar-refractivity contribution in [1.82, 2.24) is 0 Å². The van der Waals surface area contributed by atoms with Crippen molar-refractivity contribution in [2.24, 2.45) is 10.2 Å². The van der Waals surface area contributed by atoms with Crippen molar-refractivity contribution in [1.29, 1.82) is 0 Å². The molecule has 0 aliphatic carbocycles. The third-order valence-corrected chi connectivity index (χ3v) is 3.60. The van der Waals surface area contributed by atoms with Gasteiger partial charge in [0.05, 0.1) is 18.4 Å². The summed E-state index contributed by atoms with van der Waals surface area (Å²) < 4.78 is 4.73. The van der Waals surface area contributed by atoms with E-state index in [0.29, 0.717) is 16.9 Å². The number of carbonyl (C=O) groups excluding carboxylic acids is 1. The van der Waals surface area contributed by atoms with Gasteiger partial charge in [-0.3, -0.25) is 0 Å². The van der Waals surface area contributed by atoms with Gasteiger partial charge in [-0.2, -0.15) is 5.11 Å². The molecule has 0 atom stereocenters. The smallest absolute Gasteiger partial charge is 0.340 e. The van der Waals surface area contributed by atoms with E-state index in [9.17, 15) is 9.90 Å². The summed E-state index contributed by atoms with van der Waals surface area (Å²) in [6.07, 6.45) is 0. The standard InChI is InChI=1S/C17H18N2O3/c1-10-9-15(11(2)12(3)16(10)20)19-18-14-8-6-5-7-13(14)17(21)22-4/h5-9,20H,1-4H3. The number of phenolic OH excluding ortho intramolecular Hbond substituents is 1. The molecule has 0 aliphatic heterocycles. The number of phenols is 1. The van der Waals surface area contributed by atoms with E-state index in [0.717, 1.165) is 16.7 Å². The number of nitrogens with zero attached hydrogens (tertiary/aromatic N) is 2. The van der Waals surface area contributed by atoms with E-state index in [1.54, 1.807) is 30.3 Å². The minimum atomic E-state index is -0.454. The number of hydrogen-bond acceptors (Lipinski definition) is 5. The van der Waals surface area contributed by atoms with Crippen molar-refractivity contribution >= 4 is 17.3 Å². The normalized spacial score (nSPS) is 10.9. The predicted octanol–water partition coefficient (Wildman–Crippen LogP) is 4.52. The summed E-state index contributed by atoms with van der Waals surface area (Å²) in [4.78, 5) is 11.7. The van der Waals surface area contributed by atoms with Gasteiger partial charge in [-0.15, -0.1) is 5.11 Å². The highest BCUT2D eigenvalue weighted by molar-refractivity contribution is 5.94. The molecular weight excluding hydrogens is 280 g/mol. The molecule has 0 spiro atoms. The maximum atomic E-state index is 11.7. The van der Waals surface area contributed by atoms with Crippen LogP contribution in [0.1, 0.15) is 27.0 Å². The zero-order valence-electron chi connectivity index (χ0n) is 13.0. The van der Waals surface area contributed by atoms with Gasteiger partial charge in [0.25, 0.3) is 0 Å². The average Bonchev–Trinajstić information content (AvgIpc) is 2.54. The lowest BCUT2D eigenvalue weighted by Gasteiger charge is -2.09. The van der Waals surface area contributed by atoms with E-state index in [1.165, 1.54) is 7.11 Å². The zero-order chi connectivity index (χ0) is 16.3. The van der Waals surface area contributed by atoms with Crippen LogP contribution in [0.4, 0.5) is 11.4 Å². The lowest BCUT2D eigenvalue weighted by molar-refractivity contribution is 0.0601. The molecule has 5 nitrogen and oxygen atoms in total. The van der Waals surface area contributed by atoms with E-state index >= 15 is 0 Å². The number of azo groups is 1. The fraction of sp³-hybridized carbons (Fsp3) is 0.235. The number of carbonyl (C=O) groups is 1. The highest BCUT2D eigenvalue weighted by atomic mass is 16.5. The van der Waals surface area contributed by atoms with E-state index in [1.807, 2.05) is 20.8 Å². The third kappa shape index (κ3) is 2.98. The van der Waals surface area contributed by atoms with Crippen LogP contribution >= 0.6 is 0 Å². The van der Waals surface area contributed by atoms with Crippen molar-refractivity contribution in [3.8, 4) is 5.75 Å². The predicted molar refractivity (Wildman–Crippen MR) is 84.3 cm³/mol. The highest BCUT2D eigenvalue weighted by Gasteiger charge is 2.12. The highest BCUT2D eigenvalue weighted by Crippen LogP contribution is 2.33. The molecule has 0 aromatic heterocycles. The first-order chi connectivity index (χ1) is 10.5. The largest absolute Gasteiger partial charge is 0.507 e. The molecule has 0 fully saturated rings. The molecule has 1 N–H and O–H groups in total. The lowest BCUT2D eigenvalue weighted by Crippen LogP contribution is -2.00. The van der Waals surface area contributed by atoms with Crippen LogP contribution in [0.15, 0.2) is 40.6 Å². The number of rotatable bonds is 3. The van der Waals surface area contributed by atoms with E-state index in [2.05, 4.69) is 10.2 Å². The molecule has 2 aromatic rings. The second kappa shape index (κ2) is 6.39. The molecule has 0 saturated heterocycles. The number of hydrogen-bond donors (Lipinski definition) is 1. The summed E-state index contributed by atoms with van der Waals surface area (Å²) in [5, 5.41) is 18.3. The third-order valence-electron chi connectivity index (χ3n) is 3.60. The Bertz CT molecular complexity index is 752. The Hall–Kier alpha value is -2.69. The Morgan fingerprint density at radius 2 is 1.68 bits per heavy atom. The first-order valence-electron chi connectivity index (χ1n) is 6.84. The summed E-state index contributed by atoms with van der Waals surface area (Å²) in [5.74, 6) is -0.184. The van der Waals surface area contributed by atoms with Gasteiger partial charge < -0.3 is 9.84 Å². The summed E-state index contributed by atoms with van der Waals surface area (Å²) in [6.45, 7) is 5.51. The Balaban J connectivity index is 2.44. The van der Waals surface area contributed by atoms with Crippen LogP contribution in [0.25, 0.3) is 0 Å². The topological polar surface area (TPSA) is 71.2 Å². The average molecular weight is 298 g/mol. The van der Waals surface area contributed by atoms with Crippen LogP contribution < -0.4 is 0 Å². The lowest BCUT2D eigenvalue weighted by atomic mass is 10.0. The number of aryl methyl sites for hydroxylation is 1. The SMILES string of the molecule is COC(=O)c1ccccc1N=Nc1cc(C)c(O)c(C)c1C. The van der Waals surface area contributed by atoms with Gasteiger partial charge in [-0.1, -0.05) is 12.1 Å². The molecule has 0 saturated carbocycles. The molecule has 0 bridgehead atoms. The first-order valence-corrected chi connectivity index (χ1v) is 6.84. The molecule has 5 heteroatoms. The molecule has 114 valence electrons. The van der Waals surface area contributed by atoms with Crippen LogP contribution in [0, 0.1) is 20.8 Å². The van der Waals surface area contributed by atoms with Gasteiger partial charge in [0, 0.05) is 0 Å². The maximum absolute atomic E-state index is 11.7. The monoisotopic (exact) mass is 298 g/mol. The molecule has 2 rings (SSSR count). The van der Waals surface area contributed by atoms with Crippen molar-refractivity contribution < 1.29 is 14.6 Å². The van der Waals surface area contributed by atoms with E-state index in [-0.39, 0.29) is 5.75 Å². The second-order valence-electron chi connectivity index (χ2n) is 5.02. The van der Waals surface area contributed by atoms with Crippen molar-refractivity contribution in [3.63, 3.8) is 0 Å². The first kappa shape index (κ1) is 15.7. The number of methoxy groups -OCH3 is 1. The quantitative estimate of drug-likeness (QED) is 0.669. The molecular formula is C17H18N2O3. The van der Waals surface area contributed by atoms with Gasteiger partial charge in [-0.05, 0) is 55.7 Å². The molecule has 0 amide bonds. The summed E-state index contributed by atoms with van der Waals surface area (Å²) in [7, 11) is 1.33. The van der Waals surface area contributed by atoms with E-state index < -0.39 is 5.97 Å². The van der Waals surface area contributed by atoms with Crippen molar-refractivity contribution in [2.75, 3.05) is 7.11 Å². The molecule has 0 heterocycles. The number of benzene rings is 2. The van der Waals surface area contributed by atoms with Crippen LogP contribution in [0.3, 0.4) is 0 Å². The minimum absolute atomic E-state index is 0.270. The molecule has 2 aromatic carbocycles. The molecule has 0 aliphatic rings. The Labute approximate surface area is 129 Å². The number of ether oxygens (including phenoxy) is 1. The zero-order valence-corrected chi connectivity index (χ0v) is 13.0.